The summed E-state index contributed by atoms with van der Waals surface area (Å²) in [6.45, 7) is 2.17. The molecule has 0 saturated carbocycles. The van der Waals surface area contributed by atoms with Crippen molar-refractivity contribution in [1.29, 1.82) is 0 Å². The Labute approximate surface area is 103 Å². The quantitative estimate of drug-likeness (QED) is 0.791. The highest BCUT2D eigenvalue weighted by Gasteiger charge is 2.35. The van der Waals surface area contributed by atoms with Gasteiger partial charge in [0, 0.05) is 13.1 Å². The largest absolute Gasteiger partial charge is 0.465 e. The van der Waals surface area contributed by atoms with Gasteiger partial charge in [-0.3, -0.25) is 9.69 Å². The van der Waals surface area contributed by atoms with E-state index < -0.39 is 18.0 Å². The molecule has 0 aromatic heterocycles. The van der Waals surface area contributed by atoms with Crippen molar-refractivity contribution in [3.05, 3.63) is 35.1 Å². The van der Waals surface area contributed by atoms with E-state index in [9.17, 15) is 14.0 Å². The lowest BCUT2D eigenvalue weighted by atomic mass is 9.98. The topological polar surface area (TPSA) is 69.6 Å². The van der Waals surface area contributed by atoms with Crippen molar-refractivity contribution >= 4 is 12.0 Å². The highest BCUT2D eigenvalue weighted by Crippen LogP contribution is 2.26. The number of rotatable bonds is 1. The summed E-state index contributed by atoms with van der Waals surface area (Å²) < 4.78 is 13.0. The molecule has 0 spiro atoms. The van der Waals surface area contributed by atoms with Crippen molar-refractivity contribution in [2.24, 2.45) is 0 Å². The predicted molar refractivity (Wildman–Crippen MR) is 61.6 cm³/mol. The predicted octanol–water partition coefficient (Wildman–Crippen LogP) is 1.29. The number of aryl methyl sites for hydroxylation is 1. The van der Waals surface area contributed by atoms with Gasteiger partial charge >= 0.3 is 6.09 Å². The Balaban J connectivity index is 2.43. The second-order valence-electron chi connectivity index (χ2n) is 4.17. The molecule has 1 aliphatic heterocycles. The number of halogens is 1. The molecule has 6 heteroatoms. The number of benzene rings is 1. The van der Waals surface area contributed by atoms with Gasteiger partial charge in [0.15, 0.2) is 0 Å². The van der Waals surface area contributed by atoms with Crippen LogP contribution in [0.25, 0.3) is 0 Å². The molecule has 0 aliphatic carbocycles. The molecule has 1 saturated heterocycles. The molecular weight excluding hydrogens is 239 g/mol. The number of carboxylic acid groups (broad SMARTS) is 1. The van der Waals surface area contributed by atoms with E-state index in [-0.39, 0.29) is 12.5 Å². The van der Waals surface area contributed by atoms with Crippen molar-refractivity contribution in [1.82, 2.24) is 10.2 Å². The molecule has 0 bridgehead atoms. The van der Waals surface area contributed by atoms with Crippen molar-refractivity contribution in [3.8, 4) is 0 Å². The van der Waals surface area contributed by atoms with Crippen LogP contribution in [-0.4, -0.2) is 35.1 Å². The molecule has 96 valence electrons. The van der Waals surface area contributed by atoms with Crippen molar-refractivity contribution < 1.29 is 19.1 Å². The van der Waals surface area contributed by atoms with Crippen LogP contribution in [0.3, 0.4) is 0 Å². The number of nitrogens with zero attached hydrogens (tertiary/aromatic N) is 1. The fourth-order valence-corrected chi connectivity index (χ4v) is 2.13. The summed E-state index contributed by atoms with van der Waals surface area (Å²) >= 11 is 0. The zero-order chi connectivity index (χ0) is 13.3. The highest BCUT2D eigenvalue weighted by molar-refractivity contribution is 5.88. The molecule has 5 nitrogen and oxygen atoms in total. The van der Waals surface area contributed by atoms with Gasteiger partial charge in [0.05, 0.1) is 0 Å². The number of piperazine rings is 1. The third-order valence-electron chi connectivity index (χ3n) is 2.98. The van der Waals surface area contributed by atoms with Crippen LogP contribution >= 0.6 is 0 Å². The Morgan fingerprint density at radius 2 is 2.28 bits per heavy atom. The molecule has 18 heavy (non-hydrogen) atoms. The van der Waals surface area contributed by atoms with Crippen LogP contribution in [0.2, 0.25) is 0 Å². The molecule has 1 aliphatic rings. The van der Waals surface area contributed by atoms with E-state index in [0.29, 0.717) is 17.7 Å². The summed E-state index contributed by atoms with van der Waals surface area (Å²) in [6, 6.07) is 3.06. The maximum absolute atomic E-state index is 13.0. The zero-order valence-corrected chi connectivity index (χ0v) is 9.81. The fourth-order valence-electron chi connectivity index (χ4n) is 2.13. The van der Waals surface area contributed by atoms with Gasteiger partial charge in [-0.2, -0.15) is 0 Å². The molecule has 2 N–H and O–H groups in total. The number of hydrogen-bond acceptors (Lipinski definition) is 2. The third kappa shape index (κ3) is 2.13. The van der Waals surface area contributed by atoms with E-state index in [0.717, 1.165) is 4.90 Å². The summed E-state index contributed by atoms with van der Waals surface area (Å²) in [5.41, 5.74) is 1.07. The minimum atomic E-state index is -1.15. The lowest BCUT2D eigenvalue weighted by Gasteiger charge is -2.33. The first-order valence-corrected chi connectivity index (χ1v) is 5.54. The number of amides is 2. The molecule has 1 heterocycles. The molecule has 0 radical (unpaired) electrons. The van der Waals surface area contributed by atoms with Crippen molar-refractivity contribution in [2.75, 3.05) is 13.1 Å². The maximum atomic E-state index is 13.0. The second kappa shape index (κ2) is 4.64. The second-order valence-corrected chi connectivity index (χ2v) is 4.17. The van der Waals surface area contributed by atoms with E-state index in [4.69, 9.17) is 5.11 Å². The molecule has 1 fully saturated rings. The van der Waals surface area contributed by atoms with Crippen LogP contribution in [0.1, 0.15) is 17.2 Å². The minimum Gasteiger partial charge on any atom is -0.465 e. The van der Waals surface area contributed by atoms with E-state index in [1.54, 1.807) is 6.92 Å². The molecule has 1 aromatic rings. The molecule has 1 aromatic carbocycles. The summed E-state index contributed by atoms with van der Waals surface area (Å²) in [5.74, 6) is -0.785. The summed E-state index contributed by atoms with van der Waals surface area (Å²) in [5, 5.41) is 11.7. The van der Waals surface area contributed by atoms with E-state index >= 15 is 0 Å². The molecule has 1 atom stereocenters. The van der Waals surface area contributed by atoms with Crippen LogP contribution < -0.4 is 5.32 Å². The SMILES string of the molecule is Cc1cc(F)ccc1C1C(=O)NCCN1C(=O)O. The summed E-state index contributed by atoms with van der Waals surface area (Å²) in [4.78, 5) is 24.0. The monoisotopic (exact) mass is 252 g/mol. The first kappa shape index (κ1) is 12.3. The smallest absolute Gasteiger partial charge is 0.408 e. The maximum Gasteiger partial charge on any atom is 0.408 e. The van der Waals surface area contributed by atoms with Gasteiger partial charge in [0.1, 0.15) is 11.9 Å². The number of carbonyl (C=O) groups excluding carboxylic acids is 1. The van der Waals surface area contributed by atoms with Gasteiger partial charge in [0.25, 0.3) is 0 Å². The summed E-state index contributed by atoms with van der Waals surface area (Å²) in [7, 11) is 0. The van der Waals surface area contributed by atoms with Crippen LogP contribution in [0.4, 0.5) is 9.18 Å². The van der Waals surface area contributed by atoms with Crippen LogP contribution in [0, 0.1) is 12.7 Å². The van der Waals surface area contributed by atoms with E-state index in [1.807, 2.05) is 0 Å². The Morgan fingerprint density at radius 1 is 1.56 bits per heavy atom. The molecule has 2 rings (SSSR count). The molecular formula is C12H13FN2O3. The highest BCUT2D eigenvalue weighted by atomic mass is 19.1. The molecule has 2 amide bonds. The first-order valence-electron chi connectivity index (χ1n) is 5.54. The van der Waals surface area contributed by atoms with Gasteiger partial charge in [-0.1, -0.05) is 6.07 Å². The third-order valence-corrected chi connectivity index (χ3v) is 2.98. The summed E-state index contributed by atoms with van der Waals surface area (Å²) in [6.07, 6.45) is -1.15. The van der Waals surface area contributed by atoms with Gasteiger partial charge < -0.3 is 10.4 Å². The van der Waals surface area contributed by atoms with Gasteiger partial charge in [0.2, 0.25) is 5.91 Å². The van der Waals surface area contributed by atoms with E-state index in [2.05, 4.69) is 5.32 Å². The number of carbonyl (C=O) groups is 2. The minimum absolute atomic E-state index is 0.225. The van der Waals surface area contributed by atoms with Gasteiger partial charge in [-0.25, -0.2) is 9.18 Å². The lowest BCUT2D eigenvalue weighted by molar-refractivity contribution is -0.128. The van der Waals surface area contributed by atoms with Crippen molar-refractivity contribution in [2.45, 2.75) is 13.0 Å². The zero-order valence-electron chi connectivity index (χ0n) is 9.81. The molecule has 1 unspecified atom stereocenters. The Kier molecular flexibility index (Phi) is 3.18. The van der Waals surface area contributed by atoms with Crippen LogP contribution in [-0.2, 0) is 4.79 Å². The average Bonchev–Trinajstić information content (AvgIpc) is 2.29. The Hall–Kier alpha value is -2.11. The Bertz CT molecular complexity index is 504. The van der Waals surface area contributed by atoms with Crippen LogP contribution in [0.15, 0.2) is 18.2 Å². The fraction of sp³-hybridized carbons (Fsp3) is 0.333. The standard InChI is InChI=1S/C12H13FN2O3/c1-7-6-8(13)2-3-9(7)10-11(16)14-4-5-15(10)12(17)18/h2-3,6,10H,4-5H2,1H3,(H,14,16)(H,17,18). The number of hydrogen-bond donors (Lipinski definition) is 2. The normalized spacial score (nSPS) is 19.6. The lowest BCUT2D eigenvalue weighted by Crippen LogP contribution is -2.51. The van der Waals surface area contributed by atoms with Gasteiger partial charge in [-0.05, 0) is 30.2 Å². The first-order chi connectivity index (χ1) is 8.50. The van der Waals surface area contributed by atoms with Crippen molar-refractivity contribution in [3.63, 3.8) is 0 Å². The van der Waals surface area contributed by atoms with E-state index in [1.165, 1.54) is 18.2 Å². The average molecular weight is 252 g/mol. The Morgan fingerprint density at radius 3 is 2.89 bits per heavy atom. The van der Waals surface area contributed by atoms with Crippen LogP contribution in [0.5, 0.6) is 0 Å². The van der Waals surface area contributed by atoms with Gasteiger partial charge in [-0.15, -0.1) is 0 Å². The number of nitrogens with one attached hydrogen (secondary N) is 1.